The molecule has 0 saturated carbocycles. The van der Waals surface area contributed by atoms with Crippen LogP contribution >= 0.6 is 22.9 Å². The number of anilines is 1. The number of carboxylic acids is 1. The quantitative estimate of drug-likeness (QED) is 0.895. The van der Waals surface area contributed by atoms with Gasteiger partial charge < -0.3 is 10.4 Å². The van der Waals surface area contributed by atoms with Crippen LogP contribution in [-0.4, -0.2) is 16.1 Å². The summed E-state index contributed by atoms with van der Waals surface area (Å²) >= 11 is 7.06. The van der Waals surface area contributed by atoms with Crippen LogP contribution in [0, 0.1) is 0 Å². The van der Waals surface area contributed by atoms with Crippen LogP contribution in [0.4, 0.5) is 5.69 Å². The Morgan fingerprint density at radius 2 is 2.12 bits per heavy atom. The van der Waals surface area contributed by atoms with Gasteiger partial charge >= 0.3 is 5.97 Å². The zero-order valence-electron chi connectivity index (χ0n) is 8.63. The number of hydrogen-bond donors (Lipinski definition) is 2. The molecule has 1 aromatic heterocycles. The van der Waals surface area contributed by atoms with Gasteiger partial charge in [-0.15, -0.1) is 11.3 Å². The van der Waals surface area contributed by atoms with Gasteiger partial charge in [0, 0.05) is 16.9 Å². The Morgan fingerprint density at radius 1 is 1.41 bits per heavy atom. The molecule has 0 bridgehead atoms. The first-order valence-corrected chi connectivity index (χ1v) is 6.06. The average molecular weight is 269 g/mol. The monoisotopic (exact) mass is 268 g/mol. The highest BCUT2D eigenvalue weighted by atomic mass is 35.5. The number of rotatable bonds is 4. The van der Waals surface area contributed by atoms with Crippen molar-refractivity contribution < 1.29 is 9.90 Å². The van der Waals surface area contributed by atoms with E-state index in [-0.39, 0.29) is 0 Å². The average Bonchev–Trinajstić information content (AvgIpc) is 2.81. The largest absolute Gasteiger partial charge is 0.479 e. The van der Waals surface area contributed by atoms with Gasteiger partial charge in [0.05, 0.1) is 10.4 Å². The third-order valence-corrected chi connectivity index (χ3v) is 3.23. The molecule has 1 atom stereocenters. The lowest BCUT2D eigenvalue weighted by atomic mass is 10.2. The molecular formula is C11H9ClN2O2S. The van der Waals surface area contributed by atoms with Crippen LogP contribution in [-0.2, 0) is 4.79 Å². The van der Waals surface area contributed by atoms with Crippen LogP contribution in [0.3, 0.4) is 0 Å². The number of aromatic nitrogens is 1. The normalized spacial score (nSPS) is 12.1. The van der Waals surface area contributed by atoms with E-state index in [2.05, 4.69) is 10.3 Å². The third-order valence-electron chi connectivity index (χ3n) is 2.14. The van der Waals surface area contributed by atoms with E-state index in [0.717, 1.165) is 0 Å². The van der Waals surface area contributed by atoms with E-state index in [1.54, 1.807) is 36.0 Å². The van der Waals surface area contributed by atoms with E-state index in [1.807, 2.05) is 0 Å². The SMILES string of the molecule is O=C(O)C(Nc1ccc(Cl)cc1)c1cncs1. The van der Waals surface area contributed by atoms with Gasteiger partial charge in [0.1, 0.15) is 0 Å². The second-order valence-corrected chi connectivity index (χ2v) is 4.68. The number of hydrogen-bond acceptors (Lipinski definition) is 4. The summed E-state index contributed by atoms with van der Waals surface area (Å²) in [6.07, 6.45) is 1.55. The summed E-state index contributed by atoms with van der Waals surface area (Å²) in [5, 5.41) is 12.7. The van der Waals surface area contributed by atoms with E-state index < -0.39 is 12.0 Å². The summed E-state index contributed by atoms with van der Waals surface area (Å²) < 4.78 is 0. The van der Waals surface area contributed by atoms with E-state index >= 15 is 0 Å². The predicted molar refractivity (Wildman–Crippen MR) is 67.6 cm³/mol. The lowest BCUT2D eigenvalue weighted by Gasteiger charge is -2.13. The lowest BCUT2D eigenvalue weighted by molar-refractivity contribution is -0.138. The molecule has 0 saturated heterocycles. The van der Waals surface area contributed by atoms with Crippen LogP contribution in [0.1, 0.15) is 10.9 Å². The number of carbonyl (C=O) groups is 1. The van der Waals surface area contributed by atoms with E-state index in [1.165, 1.54) is 11.3 Å². The first kappa shape index (κ1) is 11.9. The van der Waals surface area contributed by atoms with Gasteiger partial charge in [-0.2, -0.15) is 0 Å². The molecule has 0 aliphatic heterocycles. The van der Waals surface area contributed by atoms with Crippen LogP contribution in [0.15, 0.2) is 36.0 Å². The molecule has 0 radical (unpaired) electrons. The van der Waals surface area contributed by atoms with Gasteiger partial charge in [-0.25, -0.2) is 4.79 Å². The Morgan fingerprint density at radius 3 is 2.65 bits per heavy atom. The molecule has 1 aromatic carbocycles. The number of halogens is 1. The lowest BCUT2D eigenvalue weighted by Crippen LogP contribution is -2.19. The summed E-state index contributed by atoms with van der Waals surface area (Å²) in [6.45, 7) is 0. The molecule has 17 heavy (non-hydrogen) atoms. The van der Waals surface area contributed by atoms with Crippen molar-refractivity contribution in [2.75, 3.05) is 5.32 Å². The topological polar surface area (TPSA) is 62.2 Å². The maximum absolute atomic E-state index is 11.2. The van der Waals surface area contributed by atoms with Gasteiger partial charge in [0.2, 0.25) is 0 Å². The second-order valence-electron chi connectivity index (χ2n) is 3.33. The predicted octanol–water partition coefficient (Wildman–Crippen LogP) is 3.03. The number of carboxylic acid groups (broad SMARTS) is 1. The summed E-state index contributed by atoms with van der Waals surface area (Å²) in [4.78, 5) is 15.7. The van der Waals surface area contributed by atoms with Crippen molar-refractivity contribution in [2.24, 2.45) is 0 Å². The van der Waals surface area contributed by atoms with Gasteiger partial charge in [0.15, 0.2) is 6.04 Å². The molecule has 0 spiro atoms. The van der Waals surface area contributed by atoms with Crippen molar-refractivity contribution in [3.05, 3.63) is 45.9 Å². The fourth-order valence-corrected chi connectivity index (χ4v) is 2.12. The number of benzene rings is 1. The minimum atomic E-state index is -0.941. The smallest absolute Gasteiger partial charge is 0.331 e. The van der Waals surface area contributed by atoms with Crippen molar-refractivity contribution in [3.8, 4) is 0 Å². The summed E-state index contributed by atoms with van der Waals surface area (Å²) in [5.41, 5.74) is 2.31. The zero-order chi connectivity index (χ0) is 12.3. The first-order valence-electron chi connectivity index (χ1n) is 4.80. The highest BCUT2D eigenvalue weighted by molar-refractivity contribution is 7.09. The van der Waals surface area contributed by atoms with Crippen molar-refractivity contribution in [1.82, 2.24) is 4.98 Å². The zero-order valence-corrected chi connectivity index (χ0v) is 10.2. The molecule has 4 nitrogen and oxygen atoms in total. The van der Waals surface area contributed by atoms with Crippen molar-refractivity contribution >= 4 is 34.6 Å². The molecule has 0 amide bonds. The number of nitrogens with zero attached hydrogens (tertiary/aromatic N) is 1. The van der Waals surface area contributed by atoms with Crippen LogP contribution < -0.4 is 5.32 Å². The van der Waals surface area contributed by atoms with Crippen LogP contribution in [0.5, 0.6) is 0 Å². The van der Waals surface area contributed by atoms with Gasteiger partial charge in [-0.05, 0) is 24.3 Å². The highest BCUT2D eigenvalue weighted by Crippen LogP contribution is 2.23. The molecule has 88 valence electrons. The fraction of sp³-hybridized carbons (Fsp3) is 0.0909. The molecule has 2 aromatic rings. The summed E-state index contributed by atoms with van der Waals surface area (Å²) in [6, 6.07) is 6.09. The second kappa shape index (κ2) is 5.16. The van der Waals surface area contributed by atoms with Gasteiger partial charge in [-0.3, -0.25) is 4.98 Å². The Kier molecular flexibility index (Phi) is 3.61. The molecule has 0 fully saturated rings. The molecule has 0 aliphatic carbocycles. The minimum Gasteiger partial charge on any atom is -0.479 e. The Labute approximate surface area is 107 Å². The highest BCUT2D eigenvalue weighted by Gasteiger charge is 2.20. The number of thiazole rings is 1. The Balaban J connectivity index is 2.19. The van der Waals surface area contributed by atoms with Crippen LogP contribution in [0.2, 0.25) is 5.02 Å². The maximum Gasteiger partial charge on any atom is 0.331 e. The molecule has 1 unspecified atom stereocenters. The summed E-state index contributed by atoms with van der Waals surface area (Å²) in [5.74, 6) is -0.941. The number of nitrogens with one attached hydrogen (secondary N) is 1. The first-order chi connectivity index (χ1) is 8.16. The molecule has 6 heteroatoms. The van der Waals surface area contributed by atoms with Crippen molar-refractivity contribution in [3.63, 3.8) is 0 Å². The molecule has 1 heterocycles. The van der Waals surface area contributed by atoms with Crippen molar-refractivity contribution in [1.29, 1.82) is 0 Å². The molecular weight excluding hydrogens is 260 g/mol. The molecule has 2 rings (SSSR count). The molecule has 2 N–H and O–H groups in total. The minimum absolute atomic E-state index is 0.611. The van der Waals surface area contributed by atoms with E-state index in [4.69, 9.17) is 16.7 Å². The van der Waals surface area contributed by atoms with Gasteiger partial charge in [0.25, 0.3) is 0 Å². The third kappa shape index (κ3) is 2.95. The van der Waals surface area contributed by atoms with Crippen molar-refractivity contribution in [2.45, 2.75) is 6.04 Å². The standard InChI is InChI=1S/C11H9ClN2O2S/c12-7-1-3-8(4-2-7)14-10(11(15)16)9-5-13-6-17-9/h1-6,10,14H,(H,15,16). The Bertz CT molecular complexity index is 499. The van der Waals surface area contributed by atoms with Crippen LogP contribution in [0.25, 0.3) is 0 Å². The number of aliphatic carboxylic acids is 1. The van der Waals surface area contributed by atoms with E-state index in [9.17, 15) is 4.79 Å². The summed E-state index contributed by atoms with van der Waals surface area (Å²) in [7, 11) is 0. The molecule has 0 aliphatic rings. The fourth-order valence-electron chi connectivity index (χ4n) is 1.34. The maximum atomic E-state index is 11.2. The van der Waals surface area contributed by atoms with Gasteiger partial charge in [-0.1, -0.05) is 11.6 Å². The Hall–Kier alpha value is -1.59. The van der Waals surface area contributed by atoms with E-state index in [0.29, 0.717) is 15.6 Å².